The molecule has 1 fully saturated rings. The van der Waals surface area contributed by atoms with E-state index < -0.39 is 29.0 Å². The molecule has 0 unspecified atom stereocenters. The SMILES string of the molecule is O=C(NC1CC1)c1ccnc(C(=O)Nc2ccc(F)c(F)c2F)c1. The Morgan fingerprint density at radius 3 is 2.50 bits per heavy atom. The van der Waals surface area contributed by atoms with E-state index in [1.807, 2.05) is 0 Å². The highest BCUT2D eigenvalue weighted by atomic mass is 19.2. The molecule has 0 bridgehead atoms. The topological polar surface area (TPSA) is 71.1 Å². The molecule has 2 aromatic rings. The lowest BCUT2D eigenvalue weighted by Gasteiger charge is -2.08. The molecule has 0 saturated heterocycles. The van der Waals surface area contributed by atoms with Gasteiger partial charge in [0.15, 0.2) is 17.5 Å². The number of benzene rings is 1. The average molecular weight is 335 g/mol. The van der Waals surface area contributed by atoms with Gasteiger partial charge in [0.05, 0.1) is 5.69 Å². The number of anilines is 1. The zero-order chi connectivity index (χ0) is 17.3. The van der Waals surface area contributed by atoms with Crippen LogP contribution in [0.5, 0.6) is 0 Å². The molecule has 2 amide bonds. The maximum Gasteiger partial charge on any atom is 0.274 e. The van der Waals surface area contributed by atoms with E-state index in [2.05, 4.69) is 15.6 Å². The predicted molar refractivity (Wildman–Crippen MR) is 79.0 cm³/mol. The maximum atomic E-state index is 13.6. The molecular formula is C16H12F3N3O2. The van der Waals surface area contributed by atoms with Gasteiger partial charge in [0.2, 0.25) is 0 Å². The summed E-state index contributed by atoms with van der Waals surface area (Å²) >= 11 is 0. The highest BCUT2D eigenvalue weighted by molar-refractivity contribution is 6.04. The quantitative estimate of drug-likeness (QED) is 0.844. The number of hydrogen-bond acceptors (Lipinski definition) is 3. The van der Waals surface area contributed by atoms with Crippen molar-refractivity contribution in [3.05, 3.63) is 59.2 Å². The van der Waals surface area contributed by atoms with Crippen molar-refractivity contribution >= 4 is 17.5 Å². The molecule has 1 saturated carbocycles. The van der Waals surface area contributed by atoms with Crippen LogP contribution in [0.2, 0.25) is 0 Å². The second kappa shape index (κ2) is 6.31. The van der Waals surface area contributed by atoms with Crippen molar-refractivity contribution in [2.45, 2.75) is 18.9 Å². The molecule has 0 spiro atoms. The first-order valence-corrected chi connectivity index (χ1v) is 7.17. The van der Waals surface area contributed by atoms with Gasteiger partial charge in [0, 0.05) is 17.8 Å². The first-order valence-electron chi connectivity index (χ1n) is 7.17. The van der Waals surface area contributed by atoms with E-state index >= 15 is 0 Å². The Bertz CT molecular complexity index is 822. The van der Waals surface area contributed by atoms with Crippen LogP contribution in [0, 0.1) is 17.5 Å². The van der Waals surface area contributed by atoms with Crippen LogP contribution >= 0.6 is 0 Å². The van der Waals surface area contributed by atoms with Gasteiger partial charge in [-0.2, -0.15) is 0 Å². The summed E-state index contributed by atoms with van der Waals surface area (Å²) in [6.07, 6.45) is 3.09. The number of rotatable bonds is 4. The molecule has 1 heterocycles. The third kappa shape index (κ3) is 3.37. The zero-order valence-electron chi connectivity index (χ0n) is 12.3. The van der Waals surface area contributed by atoms with Crippen molar-refractivity contribution in [1.29, 1.82) is 0 Å². The first-order chi connectivity index (χ1) is 11.5. The van der Waals surface area contributed by atoms with E-state index in [0.717, 1.165) is 18.9 Å². The van der Waals surface area contributed by atoms with E-state index in [4.69, 9.17) is 0 Å². The van der Waals surface area contributed by atoms with E-state index in [9.17, 15) is 22.8 Å². The van der Waals surface area contributed by atoms with Crippen LogP contribution in [-0.4, -0.2) is 22.8 Å². The summed E-state index contributed by atoms with van der Waals surface area (Å²) in [6.45, 7) is 0. The highest BCUT2D eigenvalue weighted by Crippen LogP contribution is 2.21. The van der Waals surface area contributed by atoms with Crippen LogP contribution in [-0.2, 0) is 0 Å². The Hall–Kier alpha value is -2.90. The normalized spacial score (nSPS) is 13.5. The van der Waals surface area contributed by atoms with Crippen LogP contribution in [0.15, 0.2) is 30.5 Å². The van der Waals surface area contributed by atoms with Crippen molar-refractivity contribution in [3.63, 3.8) is 0 Å². The van der Waals surface area contributed by atoms with Crippen LogP contribution < -0.4 is 10.6 Å². The molecule has 0 aliphatic heterocycles. The minimum atomic E-state index is -1.68. The average Bonchev–Trinajstić information content (AvgIpc) is 3.39. The van der Waals surface area contributed by atoms with Crippen molar-refractivity contribution in [2.75, 3.05) is 5.32 Å². The highest BCUT2D eigenvalue weighted by Gasteiger charge is 2.24. The van der Waals surface area contributed by atoms with Crippen LogP contribution in [0.4, 0.5) is 18.9 Å². The Morgan fingerprint density at radius 1 is 1.04 bits per heavy atom. The number of carbonyl (C=O) groups is 2. The van der Waals surface area contributed by atoms with Gasteiger partial charge in [0.25, 0.3) is 11.8 Å². The number of hydrogen-bond donors (Lipinski definition) is 2. The van der Waals surface area contributed by atoms with Crippen LogP contribution in [0.1, 0.15) is 33.7 Å². The monoisotopic (exact) mass is 335 g/mol. The van der Waals surface area contributed by atoms with Crippen LogP contribution in [0.3, 0.4) is 0 Å². The number of pyridine rings is 1. The summed E-state index contributed by atoms with van der Waals surface area (Å²) in [5, 5.41) is 4.86. The van der Waals surface area contributed by atoms with Gasteiger partial charge in [-0.25, -0.2) is 13.2 Å². The van der Waals surface area contributed by atoms with Crippen molar-refractivity contribution in [1.82, 2.24) is 10.3 Å². The van der Waals surface area contributed by atoms with E-state index in [-0.39, 0.29) is 23.2 Å². The smallest absolute Gasteiger partial charge is 0.274 e. The largest absolute Gasteiger partial charge is 0.349 e. The summed E-state index contributed by atoms with van der Waals surface area (Å²) in [4.78, 5) is 27.8. The Labute approximate surface area is 134 Å². The number of carbonyl (C=O) groups excluding carboxylic acids is 2. The minimum Gasteiger partial charge on any atom is -0.349 e. The lowest BCUT2D eigenvalue weighted by molar-refractivity contribution is 0.0951. The summed E-state index contributed by atoms with van der Waals surface area (Å²) in [5.74, 6) is -5.74. The summed E-state index contributed by atoms with van der Waals surface area (Å²) in [5.41, 5.74) is -0.441. The first kappa shape index (κ1) is 16.0. The number of amides is 2. The molecule has 1 aliphatic rings. The van der Waals surface area contributed by atoms with Gasteiger partial charge in [-0.1, -0.05) is 0 Å². The molecule has 1 aromatic heterocycles. The molecular weight excluding hydrogens is 323 g/mol. The Morgan fingerprint density at radius 2 is 1.79 bits per heavy atom. The fraction of sp³-hybridized carbons (Fsp3) is 0.188. The lowest BCUT2D eigenvalue weighted by atomic mass is 10.2. The van der Waals surface area contributed by atoms with E-state index in [1.165, 1.54) is 18.3 Å². The number of nitrogens with one attached hydrogen (secondary N) is 2. The fourth-order valence-corrected chi connectivity index (χ4v) is 2.00. The van der Waals surface area contributed by atoms with E-state index in [1.54, 1.807) is 0 Å². The third-order valence-corrected chi connectivity index (χ3v) is 3.45. The summed E-state index contributed by atoms with van der Waals surface area (Å²) in [7, 11) is 0. The lowest BCUT2D eigenvalue weighted by Crippen LogP contribution is -2.26. The second-order valence-electron chi connectivity index (χ2n) is 5.35. The van der Waals surface area contributed by atoms with Gasteiger partial charge in [-0.3, -0.25) is 14.6 Å². The Kier molecular flexibility index (Phi) is 4.20. The zero-order valence-corrected chi connectivity index (χ0v) is 12.3. The fourth-order valence-electron chi connectivity index (χ4n) is 2.00. The van der Waals surface area contributed by atoms with E-state index in [0.29, 0.717) is 6.07 Å². The molecule has 124 valence electrons. The third-order valence-electron chi connectivity index (χ3n) is 3.45. The molecule has 0 atom stereocenters. The molecule has 8 heteroatoms. The molecule has 1 aliphatic carbocycles. The number of aromatic nitrogens is 1. The molecule has 0 radical (unpaired) electrons. The second-order valence-corrected chi connectivity index (χ2v) is 5.35. The number of halogens is 3. The summed E-state index contributed by atoms with van der Waals surface area (Å²) in [6, 6.07) is 4.42. The Balaban J connectivity index is 1.77. The van der Waals surface area contributed by atoms with Crippen molar-refractivity contribution in [3.8, 4) is 0 Å². The van der Waals surface area contributed by atoms with Gasteiger partial charge in [0.1, 0.15) is 5.69 Å². The molecule has 5 nitrogen and oxygen atoms in total. The molecule has 3 rings (SSSR count). The summed E-state index contributed by atoms with van der Waals surface area (Å²) < 4.78 is 39.6. The van der Waals surface area contributed by atoms with Crippen molar-refractivity contribution in [2.24, 2.45) is 0 Å². The van der Waals surface area contributed by atoms with Gasteiger partial charge >= 0.3 is 0 Å². The molecule has 24 heavy (non-hydrogen) atoms. The molecule has 1 aromatic carbocycles. The molecule has 2 N–H and O–H groups in total. The minimum absolute atomic E-state index is 0.150. The van der Waals surface area contributed by atoms with Gasteiger partial charge < -0.3 is 10.6 Å². The van der Waals surface area contributed by atoms with Crippen molar-refractivity contribution < 1.29 is 22.8 Å². The van der Waals surface area contributed by atoms with Gasteiger partial charge in [-0.15, -0.1) is 0 Å². The predicted octanol–water partition coefficient (Wildman–Crippen LogP) is 2.64. The number of nitrogens with zero attached hydrogens (tertiary/aromatic N) is 1. The standard InChI is InChI=1S/C16H12F3N3O2/c17-10-3-4-11(14(19)13(10)18)22-16(24)12-7-8(5-6-20-12)15(23)21-9-1-2-9/h3-7,9H,1-2H2,(H,21,23)(H,22,24). The van der Waals surface area contributed by atoms with Gasteiger partial charge in [-0.05, 0) is 37.1 Å². The maximum absolute atomic E-state index is 13.6. The van der Waals surface area contributed by atoms with Crippen LogP contribution in [0.25, 0.3) is 0 Å².